The van der Waals surface area contributed by atoms with Crippen LogP contribution in [0.15, 0.2) is 61.2 Å². The Morgan fingerprint density at radius 1 is 0.966 bits per heavy atom. The van der Waals surface area contributed by atoms with Gasteiger partial charge in [-0.1, -0.05) is 75.4 Å². The van der Waals surface area contributed by atoms with Gasteiger partial charge >= 0.3 is 12.2 Å². The van der Waals surface area contributed by atoms with Crippen molar-refractivity contribution in [3.63, 3.8) is 0 Å². The molecule has 5 atom stereocenters. The van der Waals surface area contributed by atoms with Crippen LogP contribution in [0.1, 0.15) is 84.3 Å². The Labute approximate surface area is 344 Å². The largest absolute Gasteiger partial charge is 0.448 e. The molecule has 58 heavy (non-hydrogen) atoms. The summed E-state index contributed by atoms with van der Waals surface area (Å²) in [5.74, 6) is -2.94. The highest BCUT2D eigenvalue weighted by atomic mass is 32.2. The molecule has 17 heteroatoms. The van der Waals surface area contributed by atoms with Gasteiger partial charge in [0.2, 0.25) is 21.8 Å². The molecule has 2 saturated carbocycles. The smallest absolute Gasteiger partial charge is 0.413 e. The average Bonchev–Trinajstić information content (AvgIpc) is 4.04. The van der Waals surface area contributed by atoms with E-state index in [0.717, 1.165) is 22.3 Å². The number of fused-ring (bicyclic) bond motifs is 3. The van der Waals surface area contributed by atoms with Crippen molar-refractivity contribution in [2.75, 3.05) is 13.2 Å². The molecule has 2 aromatic carbocycles. The molecule has 4 aliphatic rings. The summed E-state index contributed by atoms with van der Waals surface area (Å²) in [7, 11) is -3.93. The number of nitrogens with one attached hydrogen (secondary N) is 5. The van der Waals surface area contributed by atoms with Gasteiger partial charge in [-0.05, 0) is 86.3 Å². The monoisotopic (exact) mass is 836 g/mol. The number of alkyl carbamates (subject to hydrolysis) is 2. The lowest BCUT2D eigenvalue weighted by atomic mass is 9.85. The number of sulfonamides is 1. The molecule has 0 radical (unpaired) electrons. The van der Waals surface area contributed by atoms with E-state index in [4.69, 9.17) is 21.7 Å². The number of amides is 5. The summed E-state index contributed by atoms with van der Waals surface area (Å²) >= 11 is 5.49. The van der Waals surface area contributed by atoms with Crippen molar-refractivity contribution in [2.45, 2.75) is 108 Å². The number of rotatable bonds is 11. The topological polar surface area (TPSA) is 201 Å². The predicted molar refractivity (Wildman–Crippen MR) is 220 cm³/mol. The zero-order valence-electron chi connectivity index (χ0n) is 33.5. The van der Waals surface area contributed by atoms with Crippen molar-refractivity contribution in [3.8, 4) is 11.1 Å². The van der Waals surface area contributed by atoms with Crippen LogP contribution in [0.4, 0.5) is 9.59 Å². The Kier molecular flexibility index (Phi) is 11.7. The first kappa shape index (κ1) is 42.6. The van der Waals surface area contributed by atoms with Crippen LogP contribution in [0.2, 0.25) is 0 Å². The highest BCUT2D eigenvalue weighted by Gasteiger charge is 2.62. The summed E-state index contributed by atoms with van der Waals surface area (Å²) in [6.07, 6.45) is 0.796. The van der Waals surface area contributed by atoms with Gasteiger partial charge in [-0.15, -0.1) is 6.58 Å². The Morgan fingerprint density at radius 2 is 1.57 bits per heavy atom. The molecule has 5 N–H and O–H groups in total. The van der Waals surface area contributed by atoms with Crippen molar-refractivity contribution >= 4 is 57.3 Å². The molecule has 0 bridgehead atoms. The third-order valence-electron chi connectivity index (χ3n) is 10.8. The molecule has 5 amide bonds. The molecule has 312 valence electrons. The Hall–Kier alpha value is -5.03. The minimum atomic E-state index is -3.93. The van der Waals surface area contributed by atoms with Crippen LogP contribution < -0.4 is 26.0 Å². The van der Waals surface area contributed by atoms with E-state index in [9.17, 15) is 32.4 Å². The summed E-state index contributed by atoms with van der Waals surface area (Å²) in [5, 5.41) is 10.2. The van der Waals surface area contributed by atoms with E-state index in [0.29, 0.717) is 12.8 Å². The van der Waals surface area contributed by atoms with Gasteiger partial charge in [0, 0.05) is 24.4 Å². The number of benzene rings is 2. The van der Waals surface area contributed by atoms with Gasteiger partial charge in [-0.3, -0.25) is 24.4 Å². The second kappa shape index (κ2) is 16.0. The highest BCUT2D eigenvalue weighted by Crippen LogP contribution is 2.46. The van der Waals surface area contributed by atoms with Crippen molar-refractivity contribution in [1.29, 1.82) is 0 Å². The molecule has 1 heterocycles. The van der Waals surface area contributed by atoms with Crippen molar-refractivity contribution in [2.24, 2.45) is 11.3 Å². The van der Waals surface area contributed by atoms with Gasteiger partial charge < -0.3 is 30.3 Å². The molecule has 1 saturated heterocycles. The van der Waals surface area contributed by atoms with E-state index in [2.05, 4.69) is 32.6 Å². The lowest BCUT2D eigenvalue weighted by Gasteiger charge is -2.36. The Morgan fingerprint density at radius 3 is 2.10 bits per heavy atom. The van der Waals surface area contributed by atoms with Crippen LogP contribution in [0.3, 0.4) is 0 Å². The summed E-state index contributed by atoms with van der Waals surface area (Å²) in [6, 6.07) is 12.8. The van der Waals surface area contributed by atoms with Gasteiger partial charge in [0.05, 0.1) is 5.25 Å². The maximum atomic E-state index is 14.5. The average molecular weight is 837 g/mol. The van der Waals surface area contributed by atoms with E-state index < -0.39 is 85.8 Å². The maximum Gasteiger partial charge on any atom is 0.413 e. The summed E-state index contributed by atoms with van der Waals surface area (Å²) in [4.78, 5) is 69.5. The van der Waals surface area contributed by atoms with E-state index in [1.54, 1.807) is 41.5 Å². The van der Waals surface area contributed by atoms with Crippen LogP contribution >= 0.6 is 12.2 Å². The minimum Gasteiger partial charge on any atom is -0.448 e. The number of carbonyl (C=O) groups is 5. The quantitative estimate of drug-likeness (QED) is 0.162. The molecule has 3 fully saturated rings. The molecule has 6 rings (SSSR count). The molecule has 15 nitrogen and oxygen atoms in total. The van der Waals surface area contributed by atoms with Crippen LogP contribution in [-0.2, 0) is 33.9 Å². The number of hydrogen-bond acceptors (Lipinski definition) is 10. The summed E-state index contributed by atoms with van der Waals surface area (Å²) in [6.45, 7) is 14.0. The van der Waals surface area contributed by atoms with Gasteiger partial charge in [0.15, 0.2) is 5.11 Å². The second-order valence-corrected chi connectivity index (χ2v) is 19.9. The maximum absolute atomic E-state index is 14.5. The SMILES string of the molecule is C=C[C@@H]1C[C@]1(NC(=O)[C@@H]1C[C@@H](NC(=S)NC(=O)OCC2c3ccccc3-c3ccccc32)CN1C(=O)[C@@H](NC(=O)OC(C)(C)C)C(C)(C)C)C(=O)NS(=O)(=O)C1CC1. The van der Waals surface area contributed by atoms with Gasteiger partial charge in [0.25, 0.3) is 5.91 Å². The van der Waals surface area contributed by atoms with E-state index >= 15 is 0 Å². The first-order valence-electron chi connectivity index (χ1n) is 19.4. The molecule has 0 aromatic heterocycles. The number of carbonyl (C=O) groups excluding carboxylic acids is 5. The minimum absolute atomic E-state index is 0.0236. The zero-order valence-corrected chi connectivity index (χ0v) is 35.2. The second-order valence-electron chi connectivity index (χ2n) is 17.5. The number of thiocarbonyl (C=S) groups is 1. The predicted octanol–water partition coefficient (Wildman–Crippen LogP) is 3.98. The van der Waals surface area contributed by atoms with Gasteiger partial charge in [-0.2, -0.15) is 0 Å². The number of nitrogens with zero attached hydrogens (tertiary/aromatic N) is 1. The van der Waals surface area contributed by atoms with Crippen molar-refractivity contribution in [3.05, 3.63) is 72.3 Å². The standard InChI is InChI=1S/C41H52N6O9S2/c1-8-23-20-41(23,35(50)46-58(53,54)25-17-18-25)45-33(48)31-19-24(21-47(31)34(49)32(39(2,3)4)43-38(52)56-40(5,6)7)42-36(57)44-37(51)55-22-30-28-15-11-9-13-26(28)27-14-10-12-16-29(27)30/h8-16,23-25,30-32H,1,17-22H2,2-7H3,(H,43,52)(H,45,48)(H,46,50)(H2,42,44,51,57)/t23-,24-,31+,32-,41-/m1/s1. The molecule has 0 unspecified atom stereocenters. The molecule has 0 spiro atoms. The van der Waals surface area contributed by atoms with Gasteiger partial charge in [-0.25, -0.2) is 18.0 Å². The van der Waals surface area contributed by atoms with Crippen molar-refractivity contribution < 1.29 is 41.9 Å². The molecule has 2 aromatic rings. The van der Waals surface area contributed by atoms with Gasteiger partial charge in [0.1, 0.15) is 29.8 Å². The summed E-state index contributed by atoms with van der Waals surface area (Å²) in [5.41, 5.74) is 0.932. The fraction of sp³-hybridized carbons (Fsp3) is 0.512. The third-order valence-corrected chi connectivity index (χ3v) is 12.8. The number of hydrogen-bond donors (Lipinski definition) is 5. The summed E-state index contributed by atoms with van der Waals surface area (Å²) < 4.78 is 38.6. The van der Waals surface area contributed by atoms with E-state index in [1.165, 1.54) is 11.0 Å². The first-order chi connectivity index (χ1) is 27.1. The van der Waals surface area contributed by atoms with Crippen LogP contribution in [0.5, 0.6) is 0 Å². The molecular formula is C41H52N6O9S2. The normalized spacial score (nSPS) is 23.0. The number of ether oxygens (including phenoxy) is 2. The number of likely N-dealkylation sites (tertiary alicyclic amines) is 1. The fourth-order valence-electron chi connectivity index (χ4n) is 7.64. The molecule has 3 aliphatic carbocycles. The van der Waals surface area contributed by atoms with Crippen LogP contribution in [0, 0.1) is 11.3 Å². The van der Waals surface area contributed by atoms with Crippen molar-refractivity contribution in [1.82, 2.24) is 30.9 Å². The van der Waals surface area contributed by atoms with Crippen LogP contribution in [0.25, 0.3) is 11.1 Å². The Balaban J connectivity index is 1.16. The highest BCUT2D eigenvalue weighted by molar-refractivity contribution is 7.91. The molecular weight excluding hydrogens is 785 g/mol. The first-order valence-corrected chi connectivity index (χ1v) is 21.3. The van der Waals surface area contributed by atoms with Crippen LogP contribution in [-0.4, -0.2) is 96.0 Å². The zero-order chi connectivity index (χ0) is 42.4. The lowest BCUT2D eigenvalue weighted by molar-refractivity contribution is -0.142. The third kappa shape index (κ3) is 9.30. The fourth-order valence-corrected chi connectivity index (χ4v) is 9.25. The van der Waals surface area contributed by atoms with E-state index in [1.807, 2.05) is 48.5 Å². The Bertz CT molecular complexity index is 2080. The lowest BCUT2D eigenvalue weighted by Crippen LogP contribution is -2.60. The van der Waals surface area contributed by atoms with E-state index in [-0.39, 0.29) is 37.0 Å². The molecule has 1 aliphatic heterocycles.